The second-order valence-corrected chi connectivity index (χ2v) is 1.19. The summed E-state index contributed by atoms with van der Waals surface area (Å²) in [4.78, 5) is 14.3. The summed E-state index contributed by atoms with van der Waals surface area (Å²) in [6, 6.07) is 0. The molecule has 0 fully saturated rings. The van der Waals surface area contributed by atoms with Crippen LogP contribution >= 0.6 is 0 Å². The normalized spacial score (nSPS) is 5.67. The second kappa shape index (κ2) is 11.4. The Hall–Kier alpha value is 0.562. The van der Waals surface area contributed by atoms with Crippen molar-refractivity contribution in [2.24, 2.45) is 0 Å². The Morgan fingerprint density at radius 2 is 1.11 bits per heavy atom. The van der Waals surface area contributed by atoms with Crippen LogP contribution in [0.1, 0.15) is 0 Å². The SMILES string of the molecule is O=[Si](O)O.OB(O)O.[NaH]. The molecule has 0 aromatic heterocycles. The fourth-order valence-electron chi connectivity index (χ4n) is 0. The van der Waals surface area contributed by atoms with Crippen LogP contribution in [0, 0.1) is 0 Å². The predicted octanol–water partition coefficient (Wildman–Crippen LogP) is -4.31. The molecule has 50 valence electrons. The first kappa shape index (κ1) is 16.3. The van der Waals surface area contributed by atoms with E-state index in [1.165, 1.54) is 0 Å². The van der Waals surface area contributed by atoms with Crippen molar-refractivity contribution in [3.63, 3.8) is 0 Å². The van der Waals surface area contributed by atoms with Gasteiger partial charge in [0.1, 0.15) is 0 Å². The van der Waals surface area contributed by atoms with Gasteiger partial charge in [0.05, 0.1) is 0 Å². The fourth-order valence-corrected chi connectivity index (χ4v) is 0. The van der Waals surface area contributed by atoms with Crippen molar-refractivity contribution in [1.82, 2.24) is 0 Å². The van der Waals surface area contributed by atoms with Gasteiger partial charge in [0.15, 0.2) is 0 Å². The van der Waals surface area contributed by atoms with Gasteiger partial charge in [-0.25, -0.2) is 0 Å². The van der Waals surface area contributed by atoms with Gasteiger partial charge in [0, 0.05) is 0 Å². The second-order valence-electron chi connectivity index (χ2n) is 0.629. The summed E-state index contributed by atoms with van der Waals surface area (Å²) in [6.45, 7) is 0. The molecule has 0 rings (SSSR count). The van der Waals surface area contributed by atoms with Crippen LogP contribution in [-0.2, 0) is 4.46 Å². The molecule has 9 heteroatoms. The molecule has 5 N–H and O–H groups in total. The third-order valence-electron chi connectivity index (χ3n) is 0. The molecular weight excluding hydrogens is 158 g/mol. The Balaban J connectivity index is -0.0000000720. The maximum atomic E-state index is 8.74. The van der Waals surface area contributed by atoms with Gasteiger partial charge in [-0.1, -0.05) is 0 Å². The van der Waals surface area contributed by atoms with Gasteiger partial charge in [0.2, 0.25) is 0 Å². The van der Waals surface area contributed by atoms with Gasteiger partial charge >= 0.3 is 46.0 Å². The average molecular weight is 164 g/mol. The molecule has 0 atom stereocenters. The Labute approximate surface area is 75.1 Å². The van der Waals surface area contributed by atoms with E-state index < -0.39 is 16.5 Å². The molecule has 0 aromatic carbocycles. The number of hydrogen-bond donors (Lipinski definition) is 5. The molecule has 0 radical (unpaired) electrons. The molecule has 0 aromatic rings. The molecule has 0 unspecified atom stereocenters. The summed E-state index contributed by atoms with van der Waals surface area (Å²) in [5.41, 5.74) is 0. The van der Waals surface area contributed by atoms with E-state index in [0.29, 0.717) is 0 Å². The molecule has 0 bridgehead atoms. The van der Waals surface area contributed by atoms with E-state index in [4.69, 9.17) is 29.1 Å². The van der Waals surface area contributed by atoms with E-state index in [2.05, 4.69) is 0 Å². The summed E-state index contributed by atoms with van der Waals surface area (Å²) in [5.74, 6) is 0. The minimum absolute atomic E-state index is 0. The summed E-state index contributed by atoms with van der Waals surface area (Å²) in [7, 11) is -5.30. The zero-order valence-electron chi connectivity index (χ0n) is 3.72. The Kier molecular flexibility index (Phi) is 20.6. The van der Waals surface area contributed by atoms with Crippen LogP contribution < -0.4 is 0 Å². The molecule has 0 heterocycles. The molecule has 0 aliphatic rings. The van der Waals surface area contributed by atoms with Crippen LogP contribution in [0.2, 0.25) is 0 Å². The Morgan fingerprint density at radius 1 is 1.11 bits per heavy atom. The molecule has 0 amide bonds. The number of rotatable bonds is 0. The van der Waals surface area contributed by atoms with Crippen molar-refractivity contribution in [3.05, 3.63) is 0 Å². The van der Waals surface area contributed by atoms with Gasteiger partial charge in [-0.15, -0.1) is 0 Å². The van der Waals surface area contributed by atoms with Gasteiger partial charge in [0.25, 0.3) is 0 Å². The summed E-state index contributed by atoms with van der Waals surface area (Å²) in [6.07, 6.45) is 0. The third kappa shape index (κ3) is 1170. The molecule has 0 saturated heterocycles. The fraction of sp³-hybridized carbons (Fsp3) is 0. The topological polar surface area (TPSA) is 118 Å². The zero-order valence-corrected chi connectivity index (χ0v) is 4.72. The molecule has 0 spiro atoms. The van der Waals surface area contributed by atoms with Crippen LogP contribution in [0.5, 0.6) is 0 Å². The van der Waals surface area contributed by atoms with Crippen molar-refractivity contribution in [3.8, 4) is 0 Å². The number of hydrogen-bond acceptors (Lipinski definition) is 4. The molecular formula is H6BNaO6Si. The van der Waals surface area contributed by atoms with Gasteiger partial charge < -0.3 is 24.7 Å². The maximum absolute atomic E-state index is 8.74. The van der Waals surface area contributed by atoms with Crippen molar-refractivity contribution in [1.29, 1.82) is 0 Å². The molecule has 0 aliphatic carbocycles. The van der Waals surface area contributed by atoms with E-state index in [1.807, 2.05) is 0 Å². The van der Waals surface area contributed by atoms with E-state index in [1.54, 1.807) is 0 Å². The predicted molar refractivity (Wildman–Crippen MR) is 30.4 cm³/mol. The van der Waals surface area contributed by atoms with Crippen molar-refractivity contribution in [2.45, 2.75) is 0 Å². The van der Waals surface area contributed by atoms with Crippen molar-refractivity contribution >= 4 is 46.0 Å². The van der Waals surface area contributed by atoms with Crippen LogP contribution in [0.25, 0.3) is 0 Å². The average Bonchev–Trinajstić information content (AvgIpc) is 1.25. The van der Waals surface area contributed by atoms with Crippen molar-refractivity contribution in [2.75, 3.05) is 0 Å². The van der Waals surface area contributed by atoms with E-state index >= 15 is 0 Å². The van der Waals surface area contributed by atoms with Crippen LogP contribution in [0.15, 0.2) is 0 Å². The Morgan fingerprint density at radius 3 is 1.11 bits per heavy atom. The van der Waals surface area contributed by atoms with Crippen LogP contribution in [0.3, 0.4) is 0 Å². The van der Waals surface area contributed by atoms with Gasteiger partial charge in [-0.05, 0) is 0 Å². The van der Waals surface area contributed by atoms with E-state index in [9.17, 15) is 0 Å². The first-order valence-electron chi connectivity index (χ1n) is 1.43. The van der Waals surface area contributed by atoms with Crippen molar-refractivity contribution < 1.29 is 29.1 Å². The summed E-state index contributed by atoms with van der Waals surface area (Å²) < 4.78 is 8.74. The third-order valence-corrected chi connectivity index (χ3v) is 0. The zero-order chi connectivity index (χ0) is 7.15. The van der Waals surface area contributed by atoms with Gasteiger partial charge in [-0.3, -0.25) is 4.46 Å². The van der Waals surface area contributed by atoms with Gasteiger partial charge in [-0.2, -0.15) is 0 Å². The quantitative estimate of drug-likeness (QED) is 0.231. The van der Waals surface area contributed by atoms with Crippen LogP contribution in [-0.4, -0.2) is 70.7 Å². The molecule has 9 heavy (non-hydrogen) atoms. The summed E-state index contributed by atoms with van der Waals surface area (Å²) in [5, 5.41) is 21.5. The molecule has 0 saturated carbocycles. The molecule has 6 nitrogen and oxygen atoms in total. The van der Waals surface area contributed by atoms with E-state index in [0.717, 1.165) is 0 Å². The van der Waals surface area contributed by atoms with Crippen LogP contribution in [0.4, 0.5) is 0 Å². The Bertz CT molecular complexity index is 57.3. The summed E-state index contributed by atoms with van der Waals surface area (Å²) >= 11 is 0. The standard InChI is InChI=1S/BH3O3.Na.H2O3Si.H/c2-1(3)4;;1-4(2)3;/h2-4H;;1-2H;. The first-order chi connectivity index (χ1) is 3.46. The molecule has 0 aliphatic heterocycles. The first-order valence-corrected chi connectivity index (χ1v) is 2.73. The minimum atomic E-state index is -3.13. The monoisotopic (exact) mass is 164 g/mol. The van der Waals surface area contributed by atoms with E-state index in [-0.39, 0.29) is 29.6 Å².